The maximum atomic E-state index is 12.7. The molecule has 1 amide bonds. The van der Waals surface area contributed by atoms with Gasteiger partial charge in [0.15, 0.2) is 0 Å². The molecule has 0 bridgehead atoms. The molecule has 0 spiro atoms. The van der Waals surface area contributed by atoms with Crippen molar-refractivity contribution in [3.8, 4) is 12.3 Å². The lowest BCUT2D eigenvalue weighted by atomic mass is 9.92. The molecule has 0 radical (unpaired) electrons. The minimum Gasteiger partial charge on any atom is -0.378 e. The molecule has 0 unspecified atom stereocenters. The molecule has 0 saturated heterocycles. The van der Waals surface area contributed by atoms with Gasteiger partial charge in [-0.2, -0.15) is 0 Å². The predicted octanol–water partition coefficient (Wildman–Crippen LogP) is 3.42. The number of terminal acetylenes is 1. The molecule has 1 N–H and O–H groups in total. The number of amides is 1. The Morgan fingerprint density at radius 2 is 2.15 bits per heavy atom. The third-order valence-corrected chi connectivity index (χ3v) is 5.01. The van der Waals surface area contributed by atoms with E-state index >= 15 is 0 Å². The van der Waals surface area contributed by atoms with Crippen molar-refractivity contribution < 1.29 is 9.53 Å². The van der Waals surface area contributed by atoms with Crippen molar-refractivity contribution in [3.63, 3.8) is 0 Å². The number of ether oxygens (including phenoxy) is 1. The Morgan fingerprint density at radius 1 is 1.38 bits per heavy atom. The molecule has 0 aliphatic heterocycles. The van der Waals surface area contributed by atoms with E-state index in [9.17, 15) is 4.79 Å². The van der Waals surface area contributed by atoms with Gasteiger partial charge < -0.3 is 14.5 Å². The summed E-state index contributed by atoms with van der Waals surface area (Å²) in [6, 6.07) is 4.07. The summed E-state index contributed by atoms with van der Waals surface area (Å²) in [5, 5.41) is 3.17. The van der Waals surface area contributed by atoms with Gasteiger partial charge in [-0.1, -0.05) is 0 Å². The van der Waals surface area contributed by atoms with E-state index in [-0.39, 0.29) is 11.9 Å². The van der Waals surface area contributed by atoms with Crippen LogP contribution < -0.4 is 5.32 Å². The Bertz CT molecular complexity index is 811. The highest BCUT2D eigenvalue weighted by Gasteiger charge is 2.24. The third kappa shape index (κ3) is 4.25. The highest BCUT2D eigenvalue weighted by Crippen LogP contribution is 2.22. The van der Waals surface area contributed by atoms with E-state index in [2.05, 4.69) is 16.2 Å². The second kappa shape index (κ2) is 8.37. The monoisotopic (exact) mass is 353 g/mol. The lowest BCUT2D eigenvalue weighted by Gasteiger charge is -2.29. The van der Waals surface area contributed by atoms with Crippen LogP contribution in [0.5, 0.6) is 0 Å². The number of aryl methyl sites for hydroxylation is 2. The molecule has 5 nitrogen and oxygen atoms in total. The van der Waals surface area contributed by atoms with Crippen LogP contribution in [-0.2, 0) is 4.74 Å². The molecule has 1 aliphatic carbocycles. The Labute approximate surface area is 155 Å². The number of nitrogens with one attached hydrogen (secondary N) is 1. The number of hydrogen-bond acceptors (Lipinski definition) is 3. The summed E-state index contributed by atoms with van der Waals surface area (Å²) in [4.78, 5) is 17.3. The molecule has 1 aliphatic rings. The van der Waals surface area contributed by atoms with E-state index in [1.165, 1.54) is 0 Å². The van der Waals surface area contributed by atoms with Gasteiger partial charge in [-0.3, -0.25) is 4.79 Å². The summed E-state index contributed by atoms with van der Waals surface area (Å²) in [5.41, 5.74) is 3.37. The number of aromatic nitrogens is 2. The van der Waals surface area contributed by atoms with Crippen LogP contribution in [0.2, 0.25) is 0 Å². The third-order valence-electron chi connectivity index (χ3n) is 5.01. The van der Waals surface area contributed by atoms with Crippen molar-refractivity contribution >= 4 is 11.6 Å². The molecule has 1 fully saturated rings. The number of fused-ring (bicyclic) bond motifs is 1. The van der Waals surface area contributed by atoms with Gasteiger partial charge in [0.25, 0.3) is 5.91 Å². The standard InChI is InChI=1S/C21H27N3O2/c1-4-5-6-13-26-18-9-7-17(8-10-18)23-21(25)19-11-12-24-16(3)14-15(2)22-20(19)24/h1,11-12,14,17-18H,5-10,13H2,2-3H3,(H,23,25). The second-order valence-corrected chi connectivity index (χ2v) is 7.09. The fourth-order valence-corrected chi connectivity index (χ4v) is 3.63. The number of rotatable bonds is 6. The summed E-state index contributed by atoms with van der Waals surface area (Å²) >= 11 is 0. The van der Waals surface area contributed by atoms with Crippen LogP contribution in [0.3, 0.4) is 0 Å². The van der Waals surface area contributed by atoms with Crippen molar-refractivity contribution in [1.29, 1.82) is 0 Å². The van der Waals surface area contributed by atoms with E-state index in [1.807, 2.05) is 36.6 Å². The van der Waals surface area contributed by atoms with E-state index in [0.29, 0.717) is 11.7 Å². The van der Waals surface area contributed by atoms with Gasteiger partial charge in [0.2, 0.25) is 0 Å². The van der Waals surface area contributed by atoms with E-state index < -0.39 is 0 Å². The first kappa shape index (κ1) is 18.5. The Kier molecular flexibility index (Phi) is 5.95. The molecular formula is C21H27N3O2. The molecule has 1 saturated carbocycles. The average Bonchev–Trinajstić information content (AvgIpc) is 3.04. The molecule has 2 aromatic rings. The van der Waals surface area contributed by atoms with Crippen LogP contribution in [0.1, 0.15) is 60.3 Å². The average molecular weight is 353 g/mol. The van der Waals surface area contributed by atoms with Crippen molar-refractivity contribution in [2.45, 2.75) is 64.5 Å². The van der Waals surface area contributed by atoms with Crippen LogP contribution in [0.4, 0.5) is 0 Å². The zero-order chi connectivity index (χ0) is 18.5. The fraction of sp³-hybridized carbons (Fsp3) is 0.524. The van der Waals surface area contributed by atoms with Gasteiger partial charge in [0.1, 0.15) is 5.65 Å². The van der Waals surface area contributed by atoms with Crippen molar-refractivity contribution in [1.82, 2.24) is 14.7 Å². The molecule has 3 rings (SSSR count). The maximum absolute atomic E-state index is 12.7. The summed E-state index contributed by atoms with van der Waals surface area (Å²) in [6.45, 7) is 4.70. The van der Waals surface area contributed by atoms with Crippen LogP contribution >= 0.6 is 0 Å². The molecule has 5 heteroatoms. The van der Waals surface area contributed by atoms with Gasteiger partial charge in [-0.15, -0.1) is 12.3 Å². The first-order chi connectivity index (χ1) is 12.6. The summed E-state index contributed by atoms with van der Waals surface area (Å²) < 4.78 is 7.83. The minimum atomic E-state index is -0.0385. The topological polar surface area (TPSA) is 55.6 Å². The minimum absolute atomic E-state index is 0.0385. The molecule has 138 valence electrons. The molecular weight excluding hydrogens is 326 g/mol. The van der Waals surface area contributed by atoms with Gasteiger partial charge in [-0.05, 0) is 58.1 Å². The Hall–Kier alpha value is -2.32. The van der Waals surface area contributed by atoms with Crippen LogP contribution in [0.15, 0.2) is 18.3 Å². The van der Waals surface area contributed by atoms with Crippen LogP contribution in [0.25, 0.3) is 5.65 Å². The Balaban J connectivity index is 1.54. The number of carbonyl (C=O) groups excluding carboxylic acids is 1. The number of hydrogen-bond donors (Lipinski definition) is 1. The van der Waals surface area contributed by atoms with E-state index in [0.717, 1.165) is 62.2 Å². The lowest BCUT2D eigenvalue weighted by Crippen LogP contribution is -2.39. The maximum Gasteiger partial charge on any atom is 0.255 e. The van der Waals surface area contributed by atoms with Crippen molar-refractivity contribution in [2.75, 3.05) is 6.61 Å². The summed E-state index contributed by atoms with van der Waals surface area (Å²) in [5.74, 6) is 2.59. The molecule has 0 aromatic carbocycles. The summed E-state index contributed by atoms with van der Waals surface area (Å²) in [6.07, 6.45) is 13.0. The number of unbranched alkanes of at least 4 members (excludes halogenated alkanes) is 1. The summed E-state index contributed by atoms with van der Waals surface area (Å²) in [7, 11) is 0. The quantitative estimate of drug-likeness (QED) is 0.639. The Morgan fingerprint density at radius 3 is 2.88 bits per heavy atom. The smallest absolute Gasteiger partial charge is 0.255 e. The van der Waals surface area contributed by atoms with Gasteiger partial charge in [0.05, 0.1) is 11.7 Å². The molecule has 0 atom stereocenters. The van der Waals surface area contributed by atoms with E-state index in [4.69, 9.17) is 11.2 Å². The van der Waals surface area contributed by atoms with Crippen molar-refractivity contribution in [3.05, 3.63) is 35.3 Å². The normalized spacial score (nSPS) is 20.0. The van der Waals surface area contributed by atoms with Crippen LogP contribution in [0, 0.1) is 26.2 Å². The SMILES string of the molecule is C#CCCCOC1CCC(NC(=O)c2ccn3c(C)cc(C)nc23)CC1. The fourth-order valence-electron chi connectivity index (χ4n) is 3.63. The molecule has 2 aromatic heterocycles. The van der Waals surface area contributed by atoms with E-state index in [1.54, 1.807) is 0 Å². The largest absolute Gasteiger partial charge is 0.378 e. The molecule has 26 heavy (non-hydrogen) atoms. The number of nitrogens with zero attached hydrogens (tertiary/aromatic N) is 2. The lowest BCUT2D eigenvalue weighted by molar-refractivity contribution is 0.0216. The zero-order valence-electron chi connectivity index (χ0n) is 15.6. The van der Waals surface area contributed by atoms with Gasteiger partial charge in [-0.25, -0.2) is 4.98 Å². The van der Waals surface area contributed by atoms with Crippen LogP contribution in [-0.4, -0.2) is 34.0 Å². The van der Waals surface area contributed by atoms with Gasteiger partial charge in [0, 0.05) is 36.7 Å². The highest BCUT2D eigenvalue weighted by molar-refractivity contribution is 6.00. The van der Waals surface area contributed by atoms with Gasteiger partial charge >= 0.3 is 0 Å². The predicted molar refractivity (Wildman–Crippen MR) is 102 cm³/mol. The molecule has 2 heterocycles. The van der Waals surface area contributed by atoms with Crippen molar-refractivity contribution in [2.24, 2.45) is 0 Å². The first-order valence-corrected chi connectivity index (χ1v) is 9.39. The second-order valence-electron chi connectivity index (χ2n) is 7.09. The number of carbonyl (C=O) groups is 1. The zero-order valence-corrected chi connectivity index (χ0v) is 15.6. The highest BCUT2D eigenvalue weighted by atomic mass is 16.5. The first-order valence-electron chi connectivity index (χ1n) is 9.39.